The monoisotopic (exact) mass is 340 g/mol. The summed E-state index contributed by atoms with van der Waals surface area (Å²) in [5.41, 5.74) is 3.77. The zero-order valence-electron chi connectivity index (χ0n) is 15.2. The van der Waals surface area contributed by atoms with Gasteiger partial charge in [-0.05, 0) is 56.9 Å². The molecule has 0 radical (unpaired) electrons. The van der Waals surface area contributed by atoms with E-state index in [9.17, 15) is 9.59 Å². The van der Waals surface area contributed by atoms with E-state index in [0.29, 0.717) is 11.3 Å². The summed E-state index contributed by atoms with van der Waals surface area (Å²) in [6.45, 7) is 5.94. The maximum atomic E-state index is 13.1. The lowest BCUT2D eigenvalue weighted by Crippen LogP contribution is -2.31. The van der Waals surface area contributed by atoms with Gasteiger partial charge in [0.25, 0.3) is 5.91 Å². The van der Waals surface area contributed by atoms with Gasteiger partial charge >= 0.3 is 0 Å². The first-order chi connectivity index (χ1) is 11.9. The molecule has 1 aromatic heterocycles. The second-order valence-corrected chi connectivity index (χ2v) is 6.61. The molecule has 0 bridgehead atoms. The largest absolute Gasteiger partial charge is 0.497 e. The molecule has 1 fully saturated rings. The molecule has 0 unspecified atom stereocenters. The van der Waals surface area contributed by atoms with E-state index in [0.717, 1.165) is 42.0 Å². The molecule has 0 saturated carbocycles. The molecule has 2 heterocycles. The number of methoxy groups -OCH3 is 1. The number of carbonyl (C=O) groups excluding carboxylic acids is 2. The van der Waals surface area contributed by atoms with Crippen LogP contribution in [0.15, 0.2) is 24.3 Å². The molecular weight excluding hydrogens is 316 g/mol. The van der Waals surface area contributed by atoms with Gasteiger partial charge in [-0.25, -0.2) is 0 Å². The Morgan fingerprint density at radius 3 is 2.44 bits per heavy atom. The number of H-pyrrole nitrogens is 1. The Labute approximate surface area is 148 Å². The Bertz CT molecular complexity index is 805. The number of aromatic nitrogens is 1. The highest BCUT2D eigenvalue weighted by molar-refractivity contribution is 6.02. The number of hydrogen-bond acceptors (Lipinski definition) is 3. The summed E-state index contributed by atoms with van der Waals surface area (Å²) in [5, 5.41) is 0. The lowest BCUT2D eigenvalue weighted by Gasteiger charge is -2.25. The Balaban J connectivity index is 1.91. The highest BCUT2D eigenvalue weighted by Crippen LogP contribution is 2.34. The lowest BCUT2D eigenvalue weighted by atomic mass is 10.0. The highest BCUT2D eigenvalue weighted by atomic mass is 16.5. The van der Waals surface area contributed by atoms with E-state index < -0.39 is 0 Å². The first kappa shape index (κ1) is 17.3. The highest BCUT2D eigenvalue weighted by Gasteiger charge is 2.33. The maximum absolute atomic E-state index is 13.1. The number of nitrogens with one attached hydrogen (secondary N) is 1. The zero-order valence-corrected chi connectivity index (χ0v) is 15.2. The Morgan fingerprint density at radius 1 is 1.20 bits per heavy atom. The molecule has 25 heavy (non-hydrogen) atoms. The molecule has 0 aliphatic carbocycles. The van der Waals surface area contributed by atoms with Gasteiger partial charge in [0, 0.05) is 17.8 Å². The van der Waals surface area contributed by atoms with Crippen LogP contribution in [0.4, 0.5) is 0 Å². The molecule has 5 heteroatoms. The molecule has 5 nitrogen and oxygen atoms in total. The molecular formula is C20H24N2O3. The van der Waals surface area contributed by atoms with Crippen LogP contribution in [0.5, 0.6) is 5.75 Å². The minimum absolute atomic E-state index is 0.0153. The second-order valence-electron chi connectivity index (χ2n) is 6.61. The molecule has 0 spiro atoms. The number of amides is 1. The molecule has 132 valence electrons. The molecule has 3 rings (SSSR count). The van der Waals surface area contributed by atoms with Crippen molar-refractivity contribution in [1.29, 1.82) is 0 Å². The quantitative estimate of drug-likeness (QED) is 0.861. The first-order valence-electron chi connectivity index (χ1n) is 8.59. The van der Waals surface area contributed by atoms with Gasteiger partial charge in [0.2, 0.25) is 0 Å². The molecule has 1 N–H and O–H groups in total. The summed E-state index contributed by atoms with van der Waals surface area (Å²) >= 11 is 0. The number of benzene rings is 1. The predicted molar refractivity (Wildman–Crippen MR) is 96.3 cm³/mol. The number of Topliss-reactive ketones (excluding diaryl/α,β-unsaturated/α-hetero) is 1. The summed E-state index contributed by atoms with van der Waals surface area (Å²) in [6, 6.07) is 7.94. The summed E-state index contributed by atoms with van der Waals surface area (Å²) in [6.07, 6.45) is 1.91. The summed E-state index contributed by atoms with van der Waals surface area (Å²) in [4.78, 5) is 30.0. The van der Waals surface area contributed by atoms with Crippen LogP contribution < -0.4 is 4.74 Å². The number of ether oxygens (including phenoxy) is 1. The molecule has 1 aromatic carbocycles. The van der Waals surface area contributed by atoms with Crippen molar-refractivity contribution < 1.29 is 14.3 Å². The van der Waals surface area contributed by atoms with E-state index in [1.807, 2.05) is 43.0 Å². The van der Waals surface area contributed by atoms with Gasteiger partial charge in [0.05, 0.1) is 13.2 Å². The van der Waals surface area contributed by atoms with Crippen LogP contribution in [0.25, 0.3) is 0 Å². The molecule has 1 saturated heterocycles. The first-order valence-corrected chi connectivity index (χ1v) is 8.59. The maximum Gasteiger partial charge on any atom is 0.271 e. The average molecular weight is 340 g/mol. The number of aromatic amines is 1. The minimum atomic E-state index is -0.0357. The van der Waals surface area contributed by atoms with Crippen molar-refractivity contribution in [1.82, 2.24) is 9.88 Å². The van der Waals surface area contributed by atoms with Crippen molar-refractivity contribution in [3.63, 3.8) is 0 Å². The molecule has 1 amide bonds. The topological polar surface area (TPSA) is 62.4 Å². The van der Waals surface area contributed by atoms with E-state index in [-0.39, 0.29) is 17.7 Å². The minimum Gasteiger partial charge on any atom is -0.497 e. The van der Waals surface area contributed by atoms with Crippen LogP contribution in [0.2, 0.25) is 0 Å². The average Bonchev–Trinajstić information content (AvgIpc) is 3.19. The van der Waals surface area contributed by atoms with E-state index in [2.05, 4.69) is 4.98 Å². The number of aryl methyl sites for hydroxylation is 1. The predicted octanol–water partition coefficient (Wildman–Crippen LogP) is 3.82. The number of hydrogen-bond donors (Lipinski definition) is 1. The molecule has 1 aliphatic heterocycles. The third kappa shape index (κ3) is 3.06. The van der Waals surface area contributed by atoms with Gasteiger partial charge < -0.3 is 14.6 Å². The number of rotatable bonds is 4. The van der Waals surface area contributed by atoms with Gasteiger partial charge in [-0.3, -0.25) is 9.59 Å². The van der Waals surface area contributed by atoms with E-state index in [1.165, 1.54) is 6.92 Å². The zero-order chi connectivity index (χ0) is 18.1. The van der Waals surface area contributed by atoms with Crippen molar-refractivity contribution in [3.05, 3.63) is 52.3 Å². The second kappa shape index (κ2) is 6.75. The standard InChI is InChI=1S/C20H24N2O3/c1-12-18(14(3)23)13(2)21-19(12)20(24)22-11-5-6-17(22)15-7-9-16(25-4)10-8-15/h7-10,17,21H,5-6,11H2,1-4H3/t17-/m1/s1. The fourth-order valence-corrected chi connectivity index (χ4v) is 3.82. The SMILES string of the molecule is COc1ccc([C@H]2CCCN2C(=O)c2[nH]c(C)c(C(C)=O)c2C)cc1. The van der Waals surface area contributed by atoms with Crippen LogP contribution in [0.3, 0.4) is 0 Å². The number of carbonyl (C=O) groups is 2. The van der Waals surface area contributed by atoms with Crippen molar-refractivity contribution in [2.45, 2.75) is 39.7 Å². The summed E-state index contributed by atoms with van der Waals surface area (Å²) in [5.74, 6) is 0.756. The number of ketones is 1. The van der Waals surface area contributed by atoms with Gasteiger partial charge in [0.15, 0.2) is 5.78 Å². The van der Waals surface area contributed by atoms with Gasteiger partial charge in [-0.1, -0.05) is 12.1 Å². The van der Waals surface area contributed by atoms with Gasteiger partial charge in [0.1, 0.15) is 11.4 Å². The van der Waals surface area contributed by atoms with Gasteiger partial charge in [-0.2, -0.15) is 0 Å². The third-order valence-electron chi connectivity index (χ3n) is 5.02. The number of likely N-dealkylation sites (tertiary alicyclic amines) is 1. The van der Waals surface area contributed by atoms with E-state index in [4.69, 9.17) is 4.74 Å². The van der Waals surface area contributed by atoms with Crippen LogP contribution >= 0.6 is 0 Å². The fourth-order valence-electron chi connectivity index (χ4n) is 3.82. The molecule has 1 atom stereocenters. The third-order valence-corrected chi connectivity index (χ3v) is 5.02. The van der Waals surface area contributed by atoms with Crippen LogP contribution in [-0.2, 0) is 0 Å². The Kier molecular flexibility index (Phi) is 4.66. The van der Waals surface area contributed by atoms with Crippen LogP contribution in [0.1, 0.15) is 63.5 Å². The van der Waals surface area contributed by atoms with E-state index in [1.54, 1.807) is 7.11 Å². The lowest BCUT2D eigenvalue weighted by molar-refractivity contribution is 0.0729. The van der Waals surface area contributed by atoms with Crippen molar-refractivity contribution >= 4 is 11.7 Å². The molecule has 1 aliphatic rings. The molecule has 2 aromatic rings. The Hall–Kier alpha value is -2.56. The van der Waals surface area contributed by atoms with Crippen molar-refractivity contribution in [3.8, 4) is 5.75 Å². The summed E-state index contributed by atoms with van der Waals surface area (Å²) < 4.78 is 5.21. The normalized spacial score (nSPS) is 17.0. The fraction of sp³-hybridized carbons (Fsp3) is 0.400. The van der Waals surface area contributed by atoms with Crippen molar-refractivity contribution in [2.75, 3.05) is 13.7 Å². The van der Waals surface area contributed by atoms with E-state index >= 15 is 0 Å². The smallest absolute Gasteiger partial charge is 0.271 e. The van der Waals surface area contributed by atoms with Crippen LogP contribution in [0, 0.1) is 13.8 Å². The number of nitrogens with zero attached hydrogens (tertiary/aromatic N) is 1. The van der Waals surface area contributed by atoms with Crippen molar-refractivity contribution in [2.24, 2.45) is 0 Å². The Morgan fingerprint density at radius 2 is 1.88 bits per heavy atom. The summed E-state index contributed by atoms with van der Waals surface area (Å²) in [7, 11) is 1.64. The van der Waals surface area contributed by atoms with Crippen LogP contribution in [-0.4, -0.2) is 35.2 Å². The van der Waals surface area contributed by atoms with Gasteiger partial charge in [-0.15, -0.1) is 0 Å².